The Hall–Kier alpha value is -0.0400. The van der Waals surface area contributed by atoms with Crippen LogP contribution in [0, 0.1) is 11.8 Å². The Labute approximate surface area is 50.0 Å². The van der Waals surface area contributed by atoms with Gasteiger partial charge in [0, 0.05) is 6.61 Å². The maximum atomic E-state index is 5.28. The van der Waals surface area contributed by atoms with Gasteiger partial charge in [0.2, 0.25) is 0 Å². The lowest BCUT2D eigenvalue weighted by Gasteiger charge is -2.35. The average molecular weight is 111 g/mol. The van der Waals surface area contributed by atoms with Gasteiger partial charge in [0.05, 0.1) is 6.61 Å². The zero-order valence-corrected chi connectivity index (χ0v) is 5.02. The number of rotatable bonds is 0. The van der Waals surface area contributed by atoms with E-state index in [0.717, 1.165) is 13.2 Å². The summed E-state index contributed by atoms with van der Waals surface area (Å²) in [5.41, 5.74) is 0.639. The Kier molecular flexibility index (Phi) is 0.884. The van der Waals surface area contributed by atoms with Crippen LogP contribution in [0.2, 0.25) is 0 Å². The minimum atomic E-state index is 0.639. The molecule has 1 heteroatoms. The Morgan fingerprint density at radius 2 is 2.25 bits per heavy atom. The SMILES string of the molecule is [CH]1CC2(C1)CCOC2. The van der Waals surface area contributed by atoms with E-state index >= 15 is 0 Å². The number of ether oxygens (including phenoxy) is 1. The summed E-state index contributed by atoms with van der Waals surface area (Å²) in [4.78, 5) is 0. The lowest BCUT2D eigenvalue weighted by atomic mass is 9.69. The molecule has 8 heavy (non-hydrogen) atoms. The molecule has 0 bridgehead atoms. The van der Waals surface area contributed by atoms with Gasteiger partial charge in [-0.2, -0.15) is 0 Å². The van der Waals surface area contributed by atoms with Crippen LogP contribution in [0.5, 0.6) is 0 Å². The second kappa shape index (κ2) is 1.47. The third kappa shape index (κ3) is 0.510. The largest absolute Gasteiger partial charge is 0.381 e. The molecule has 1 saturated carbocycles. The van der Waals surface area contributed by atoms with E-state index in [1.807, 2.05) is 0 Å². The van der Waals surface area contributed by atoms with Crippen LogP contribution in [0.1, 0.15) is 19.3 Å². The monoisotopic (exact) mass is 111 g/mol. The molecule has 0 unspecified atom stereocenters. The van der Waals surface area contributed by atoms with Crippen molar-refractivity contribution in [2.75, 3.05) is 13.2 Å². The van der Waals surface area contributed by atoms with E-state index in [1.54, 1.807) is 0 Å². The fourth-order valence-corrected chi connectivity index (χ4v) is 1.52. The summed E-state index contributed by atoms with van der Waals surface area (Å²) in [6.45, 7) is 2.04. The highest BCUT2D eigenvalue weighted by Gasteiger charge is 2.40. The van der Waals surface area contributed by atoms with Crippen molar-refractivity contribution < 1.29 is 4.74 Å². The molecule has 0 aromatic carbocycles. The van der Waals surface area contributed by atoms with Crippen molar-refractivity contribution in [2.45, 2.75) is 19.3 Å². The van der Waals surface area contributed by atoms with Crippen LogP contribution >= 0.6 is 0 Å². The molecule has 1 radical (unpaired) electrons. The Balaban J connectivity index is 2.01. The van der Waals surface area contributed by atoms with E-state index in [0.29, 0.717) is 5.41 Å². The van der Waals surface area contributed by atoms with Gasteiger partial charge in [0.15, 0.2) is 0 Å². The van der Waals surface area contributed by atoms with E-state index in [4.69, 9.17) is 4.74 Å². The maximum Gasteiger partial charge on any atom is 0.0523 e. The van der Waals surface area contributed by atoms with Crippen molar-refractivity contribution in [3.05, 3.63) is 6.42 Å². The van der Waals surface area contributed by atoms with Gasteiger partial charge in [-0.3, -0.25) is 0 Å². The van der Waals surface area contributed by atoms with Gasteiger partial charge in [-0.25, -0.2) is 0 Å². The van der Waals surface area contributed by atoms with E-state index in [9.17, 15) is 0 Å². The topological polar surface area (TPSA) is 9.23 Å². The molecule has 1 spiro atoms. The first kappa shape index (κ1) is 4.80. The van der Waals surface area contributed by atoms with Crippen molar-refractivity contribution >= 4 is 0 Å². The molecule has 0 atom stereocenters. The molecule has 1 heterocycles. The average Bonchev–Trinajstić information content (AvgIpc) is 2.07. The Bertz CT molecular complexity index is 86.6. The summed E-state index contributed by atoms with van der Waals surface area (Å²) >= 11 is 0. The standard InChI is InChI=1S/C7H11O/c1-2-7(3-1)4-5-8-6-7/h1H,2-6H2. The van der Waals surface area contributed by atoms with Gasteiger partial charge in [-0.1, -0.05) is 0 Å². The first-order chi connectivity index (χ1) is 3.91. The van der Waals surface area contributed by atoms with Crippen LogP contribution in [0.3, 0.4) is 0 Å². The molecule has 0 aromatic rings. The first-order valence-electron chi connectivity index (χ1n) is 3.31. The fourth-order valence-electron chi connectivity index (χ4n) is 1.52. The fraction of sp³-hybridized carbons (Fsp3) is 0.857. The van der Waals surface area contributed by atoms with Crippen LogP contribution in [0.15, 0.2) is 0 Å². The zero-order valence-electron chi connectivity index (χ0n) is 5.02. The van der Waals surface area contributed by atoms with E-state index in [1.165, 1.54) is 19.3 Å². The maximum absolute atomic E-state index is 5.28. The second-order valence-electron chi connectivity index (χ2n) is 3.00. The number of hydrogen-bond acceptors (Lipinski definition) is 1. The van der Waals surface area contributed by atoms with Crippen molar-refractivity contribution in [2.24, 2.45) is 5.41 Å². The molecule has 0 aromatic heterocycles. The van der Waals surface area contributed by atoms with Gasteiger partial charge in [-0.15, -0.1) is 0 Å². The Morgan fingerprint density at radius 1 is 1.38 bits per heavy atom. The molecule has 0 amide bonds. The third-order valence-corrected chi connectivity index (χ3v) is 2.34. The molecule has 0 N–H and O–H groups in total. The van der Waals surface area contributed by atoms with Gasteiger partial charge in [0.1, 0.15) is 0 Å². The zero-order chi connectivity index (χ0) is 5.45. The van der Waals surface area contributed by atoms with Gasteiger partial charge in [0.25, 0.3) is 0 Å². The lowest BCUT2D eigenvalue weighted by Crippen LogP contribution is -2.29. The van der Waals surface area contributed by atoms with Crippen molar-refractivity contribution in [1.29, 1.82) is 0 Å². The number of hydrogen-bond donors (Lipinski definition) is 0. The lowest BCUT2D eigenvalue weighted by molar-refractivity contribution is 0.124. The quantitative estimate of drug-likeness (QED) is 0.459. The van der Waals surface area contributed by atoms with Crippen molar-refractivity contribution in [3.63, 3.8) is 0 Å². The molecule has 45 valence electrons. The van der Waals surface area contributed by atoms with Crippen LogP contribution in [0.25, 0.3) is 0 Å². The summed E-state index contributed by atoms with van der Waals surface area (Å²) in [5.74, 6) is 0. The minimum Gasteiger partial charge on any atom is -0.381 e. The smallest absolute Gasteiger partial charge is 0.0523 e. The van der Waals surface area contributed by atoms with Gasteiger partial charge in [-0.05, 0) is 31.1 Å². The van der Waals surface area contributed by atoms with Crippen LogP contribution in [-0.4, -0.2) is 13.2 Å². The minimum absolute atomic E-state index is 0.639. The molecule has 2 fully saturated rings. The molecule has 2 rings (SSSR count). The highest BCUT2D eigenvalue weighted by Crippen LogP contribution is 2.46. The summed E-state index contributed by atoms with van der Waals surface area (Å²) in [6, 6.07) is 0. The highest BCUT2D eigenvalue weighted by molar-refractivity contribution is 5.00. The summed E-state index contributed by atoms with van der Waals surface area (Å²) in [6.07, 6.45) is 6.29. The van der Waals surface area contributed by atoms with Crippen LogP contribution in [0.4, 0.5) is 0 Å². The van der Waals surface area contributed by atoms with Crippen LogP contribution in [-0.2, 0) is 4.74 Å². The molecule has 1 aliphatic carbocycles. The Morgan fingerprint density at radius 3 is 2.50 bits per heavy atom. The molecular formula is C7H11O. The third-order valence-electron chi connectivity index (χ3n) is 2.34. The van der Waals surface area contributed by atoms with Gasteiger partial charge < -0.3 is 4.74 Å². The molecule has 2 aliphatic rings. The molecule has 1 nitrogen and oxygen atoms in total. The summed E-state index contributed by atoms with van der Waals surface area (Å²) < 4.78 is 5.28. The highest BCUT2D eigenvalue weighted by atomic mass is 16.5. The van der Waals surface area contributed by atoms with Crippen LogP contribution < -0.4 is 0 Å². The molecule has 1 aliphatic heterocycles. The normalized spacial score (nSPS) is 33.0. The van der Waals surface area contributed by atoms with Gasteiger partial charge >= 0.3 is 0 Å². The predicted molar refractivity (Wildman–Crippen MR) is 31.4 cm³/mol. The van der Waals surface area contributed by atoms with Crippen molar-refractivity contribution in [1.82, 2.24) is 0 Å². The van der Waals surface area contributed by atoms with E-state index in [-0.39, 0.29) is 0 Å². The molecular weight excluding hydrogens is 100 g/mol. The van der Waals surface area contributed by atoms with Crippen molar-refractivity contribution in [3.8, 4) is 0 Å². The molecule has 1 saturated heterocycles. The van der Waals surface area contributed by atoms with E-state index in [2.05, 4.69) is 6.42 Å². The van der Waals surface area contributed by atoms with E-state index < -0.39 is 0 Å². The first-order valence-corrected chi connectivity index (χ1v) is 3.31. The predicted octanol–water partition coefficient (Wildman–Crippen LogP) is 1.39. The summed E-state index contributed by atoms with van der Waals surface area (Å²) in [7, 11) is 0. The second-order valence-corrected chi connectivity index (χ2v) is 3.00. The summed E-state index contributed by atoms with van der Waals surface area (Å²) in [5, 5.41) is 0.